The van der Waals surface area contributed by atoms with Crippen LogP contribution in [0.2, 0.25) is 0 Å². The summed E-state index contributed by atoms with van der Waals surface area (Å²) in [5, 5.41) is 14.4. The van der Waals surface area contributed by atoms with Crippen LogP contribution in [0.15, 0.2) is 48.7 Å². The molecule has 4 rings (SSSR count). The van der Waals surface area contributed by atoms with E-state index in [1.165, 1.54) is 16.8 Å². The molecule has 2 heterocycles. The molecule has 0 saturated carbocycles. The predicted molar refractivity (Wildman–Crippen MR) is 99.6 cm³/mol. The summed E-state index contributed by atoms with van der Waals surface area (Å²) in [6, 6.07) is 11.4. The topological polar surface area (TPSA) is 41.3 Å². The van der Waals surface area contributed by atoms with Gasteiger partial charge in [-0.25, -0.2) is 13.5 Å². The third-order valence-electron chi connectivity index (χ3n) is 4.99. The number of hydrogen-bond donors (Lipinski definition) is 1. The maximum Gasteiger partial charge on any atom is 0.151 e. The Hall–Kier alpha value is -2.57. The van der Waals surface area contributed by atoms with Crippen LogP contribution >= 0.6 is 0 Å². The largest absolute Gasteiger partial charge is 0.392 e. The Balaban J connectivity index is 1.78. The Bertz CT molecular complexity index is 970. The molecule has 1 aliphatic heterocycles. The highest BCUT2D eigenvalue weighted by molar-refractivity contribution is 5.67. The lowest BCUT2D eigenvalue weighted by molar-refractivity contribution is 0.175. The Kier molecular flexibility index (Phi) is 4.76. The summed E-state index contributed by atoms with van der Waals surface area (Å²) in [5.41, 5.74) is 3.98. The van der Waals surface area contributed by atoms with Crippen molar-refractivity contribution in [2.45, 2.75) is 26.0 Å². The number of halogens is 2. The van der Waals surface area contributed by atoms with Crippen LogP contribution in [-0.4, -0.2) is 39.0 Å². The molecular weight excluding hydrogens is 348 g/mol. The lowest BCUT2D eigenvalue weighted by Gasteiger charge is -2.15. The number of aromatic nitrogens is 2. The van der Waals surface area contributed by atoms with Gasteiger partial charge in [-0.2, -0.15) is 5.10 Å². The smallest absolute Gasteiger partial charge is 0.151 e. The van der Waals surface area contributed by atoms with E-state index in [1.807, 2.05) is 31.2 Å². The number of hydrogen-bond acceptors (Lipinski definition) is 3. The minimum Gasteiger partial charge on any atom is -0.392 e. The third-order valence-corrected chi connectivity index (χ3v) is 4.99. The van der Waals surface area contributed by atoms with E-state index in [-0.39, 0.29) is 11.8 Å². The Morgan fingerprint density at radius 2 is 2.00 bits per heavy atom. The molecule has 1 fully saturated rings. The number of rotatable bonds is 4. The summed E-state index contributed by atoms with van der Waals surface area (Å²) in [7, 11) is 0. The van der Waals surface area contributed by atoms with Crippen molar-refractivity contribution in [3.63, 3.8) is 0 Å². The quantitative estimate of drug-likeness (QED) is 0.763. The molecule has 1 atom stereocenters. The van der Waals surface area contributed by atoms with E-state index in [0.29, 0.717) is 13.1 Å². The van der Waals surface area contributed by atoms with Gasteiger partial charge in [-0.3, -0.25) is 4.90 Å². The van der Waals surface area contributed by atoms with Gasteiger partial charge in [0.15, 0.2) is 5.82 Å². The molecule has 1 aliphatic rings. The Morgan fingerprint density at radius 3 is 2.70 bits per heavy atom. The fraction of sp³-hybridized carbons (Fsp3) is 0.286. The number of aliphatic hydroxyl groups is 1. The fourth-order valence-electron chi connectivity index (χ4n) is 3.58. The molecule has 0 amide bonds. The normalized spacial score (nSPS) is 17.6. The van der Waals surface area contributed by atoms with E-state index in [9.17, 15) is 13.9 Å². The van der Waals surface area contributed by atoms with Crippen molar-refractivity contribution in [2.75, 3.05) is 13.1 Å². The number of aliphatic hydroxyl groups excluding tert-OH is 1. The summed E-state index contributed by atoms with van der Waals surface area (Å²) in [4.78, 5) is 2.16. The maximum absolute atomic E-state index is 14.3. The Morgan fingerprint density at radius 1 is 1.19 bits per heavy atom. The van der Waals surface area contributed by atoms with E-state index < -0.39 is 11.6 Å². The average Bonchev–Trinajstić information content (AvgIpc) is 3.22. The highest BCUT2D eigenvalue weighted by atomic mass is 19.1. The number of aryl methyl sites for hydroxylation is 1. The van der Waals surface area contributed by atoms with Crippen LogP contribution in [0.3, 0.4) is 0 Å². The summed E-state index contributed by atoms with van der Waals surface area (Å²) >= 11 is 0. The number of benzene rings is 2. The molecular formula is C21H21F2N3O. The van der Waals surface area contributed by atoms with Crippen molar-refractivity contribution in [1.82, 2.24) is 14.7 Å². The van der Waals surface area contributed by atoms with Gasteiger partial charge in [-0.1, -0.05) is 24.3 Å². The number of β-amino-alcohol motifs (C(OH)–C–C–N with tert-alkyl or cyclic N) is 1. The molecule has 4 nitrogen and oxygen atoms in total. The molecule has 1 saturated heterocycles. The van der Waals surface area contributed by atoms with Crippen LogP contribution in [0, 0.1) is 18.6 Å². The molecule has 0 bridgehead atoms. The summed E-state index contributed by atoms with van der Waals surface area (Å²) in [6.45, 7) is 4.05. The second kappa shape index (κ2) is 7.21. The SMILES string of the molecule is Cc1ccccc1-c1nn(-c2ccc(F)cc2F)cc1CN1CC[C@@H](O)C1. The van der Waals surface area contributed by atoms with E-state index in [1.54, 1.807) is 6.20 Å². The standard InChI is InChI=1S/C21H21F2N3O/c1-14-4-2-3-5-18(14)21-15(11-25-9-8-17(27)13-25)12-26(24-21)20-7-6-16(22)10-19(20)23/h2-7,10,12,17,27H,8-9,11,13H2,1H3/t17-/m1/s1. The van der Waals surface area contributed by atoms with Crippen LogP contribution in [-0.2, 0) is 6.54 Å². The first-order valence-corrected chi connectivity index (χ1v) is 9.01. The second-order valence-electron chi connectivity index (χ2n) is 7.04. The van der Waals surface area contributed by atoms with Gasteiger partial charge in [-0.05, 0) is 31.0 Å². The van der Waals surface area contributed by atoms with Gasteiger partial charge >= 0.3 is 0 Å². The van der Waals surface area contributed by atoms with Gasteiger partial charge in [0.05, 0.1) is 11.8 Å². The molecule has 0 unspecified atom stereocenters. The summed E-state index contributed by atoms with van der Waals surface area (Å²) in [6.07, 6.45) is 2.24. The van der Waals surface area contributed by atoms with Crippen LogP contribution < -0.4 is 0 Å². The summed E-state index contributed by atoms with van der Waals surface area (Å²) in [5.74, 6) is -1.27. The maximum atomic E-state index is 14.3. The van der Waals surface area contributed by atoms with E-state index >= 15 is 0 Å². The molecule has 3 aromatic rings. The molecule has 2 aromatic carbocycles. The van der Waals surface area contributed by atoms with Gasteiger partial charge in [0.25, 0.3) is 0 Å². The second-order valence-corrected chi connectivity index (χ2v) is 7.04. The van der Waals surface area contributed by atoms with Crippen molar-refractivity contribution in [3.05, 3.63) is 71.4 Å². The van der Waals surface area contributed by atoms with Gasteiger partial charge in [0.1, 0.15) is 11.5 Å². The van der Waals surface area contributed by atoms with Gasteiger partial charge in [0, 0.05) is 43.0 Å². The Labute approximate surface area is 156 Å². The van der Waals surface area contributed by atoms with Crippen LogP contribution in [0.5, 0.6) is 0 Å². The molecule has 0 spiro atoms. The highest BCUT2D eigenvalue weighted by Gasteiger charge is 2.23. The zero-order valence-electron chi connectivity index (χ0n) is 15.1. The van der Waals surface area contributed by atoms with E-state index in [4.69, 9.17) is 0 Å². The first kappa shape index (κ1) is 17.8. The van der Waals surface area contributed by atoms with Crippen LogP contribution in [0.1, 0.15) is 17.5 Å². The van der Waals surface area contributed by atoms with Crippen LogP contribution in [0.4, 0.5) is 8.78 Å². The average molecular weight is 369 g/mol. The first-order valence-electron chi connectivity index (χ1n) is 9.01. The van der Waals surface area contributed by atoms with Crippen LogP contribution in [0.25, 0.3) is 16.9 Å². The van der Waals surface area contributed by atoms with E-state index in [0.717, 1.165) is 41.4 Å². The predicted octanol–water partition coefficient (Wildman–Crippen LogP) is 3.69. The van der Waals surface area contributed by atoms with Gasteiger partial charge in [0.2, 0.25) is 0 Å². The van der Waals surface area contributed by atoms with Crippen molar-refractivity contribution in [3.8, 4) is 16.9 Å². The summed E-state index contributed by atoms with van der Waals surface area (Å²) < 4.78 is 29.0. The molecule has 6 heteroatoms. The molecule has 0 aliphatic carbocycles. The molecule has 27 heavy (non-hydrogen) atoms. The monoisotopic (exact) mass is 369 g/mol. The molecule has 0 radical (unpaired) electrons. The lowest BCUT2D eigenvalue weighted by Crippen LogP contribution is -2.21. The van der Waals surface area contributed by atoms with Crippen molar-refractivity contribution < 1.29 is 13.9 Å². The number of likely N-dealkylation sites (tertiary alicyclic amines) is 1. The third kappa shape index (κ3) is 3.63. The number of nitrogens with zero attached hydrogens (tertiary/aromatic N) is 3. The first-order chi connectivity index (χ1) is 13.0. The molecule has 1 N–H and O–H groups in total. The minimum absolute atomic E-state index is 0.207. The van der Waals surface area contributed by atoms with E-state index in [2.05, 4.69) is 10.00 Å². The zero-order valence-corrected chi connectivity index (χ0v) is 15.1. The minimum atomic E-state index is -0.656. The fourth-order valence-corrected chi connectivity index (χ4v) is 3.58. The zero-order chi connectivity index (χ0) is 19.0. The van der Waals surface area contributed by atoms with Crippen molar-refractivity contribution in [2.24, 2.45) is 0 Å². The van der Waals surface area contributed by atoms with Crippen molar-refractivity contribution >= 4 is 0 Å². The lowest BCUT2D eigenvalue weighted by atomic mass is 10.0. The van der Waals surface area contributed by atoms with Gasteiger partial charge in [-0.15, -0.1) is 0 Å². The molecule has 140 valence electrons. The van der Waals surface area contributed by atoms with Crippen molar-refractivity contribution in [1.29, 1.82) is 0 Å². The van der Waals surface area contributed by atoms with Gasteiger partial charge < -0.3 is 5.11 Å². The molecule has 1 aromatic heterocycles. The highest BCUT2D eigenvalue weighted by Crippen LogP contribution is 2.29.